The van der Waals surface area contributed by atoms with Crippen LogP contribution in [-0.4, -0.2) is 54.2 Å². The third-order valence-electron chi connectivity index (χ3n) is 6.59. The molecule has 194 valence electrons. The van der Waals surface area contributed by atoms with Gasteiger partial charge in [-0.2, -0.15) is 0 Å². The van der Waals surface area contributed by atoms with Crippen LogP contribution in [0, 0.1) is 0 Å². The molecule has 4 rings (SSSR count). The summed E-state index contributed by atoms with van der Waals surface area (Å²) in [5.41, 5.74) is 9.75. The van der Waals surface area contributed by atoms with Gasteiger partial charge < -0.3 is 16.4 Å². The van der Waals surface area contributed by atoms with Gasteiger partial charge in [0.15, 0.2) is 0 Å². The highest BCUT2D eigenvalue weighted by atomic mass is 16.2. The molecule has 1 atom stereocenters. The van der Waals surface area contributed by atoms with Gasteiger partial charge in [-0.3, -0.25) is 29.4 Å². The first-order valence-electron chi connectivity index (χ1n) is 12.7. The van der Waals surface area contributed by atoms with Crippen LogP contribution in [0.5, 0.6) is 0 Å². The summed E-state index contributed by atoms with van der Waals surface area (Å²) in [7, 11) is 0. The molecular weight excluding hydrogens is 470 g/mol. The Morgan fingerprint density at radius 2 is 1.84 bits per heavy atom. The van der Waals surface area contributed by atoms with E-state index in [4.69, 9.17) is 5.73 Å². The van der Waals surface area contributed by atoms with Crippen LogP contribution >= 0.6 is 0 Å². The number of nitrogens with zero attached hydrogens (tertiary/aromatic N) is 1. The molecule has 37 heavy (non-hydrogen) atoms. The highest BCUT2D eigenvalue weighted by molar-refractivity contribution is 6.25. The Kier molecular flexibility index (Phi) is 8.35. The van der Waals surface area contributed by atoms with E-state index in [0.717, 1.165) is 35.6 Å². The van der Waals surface area contributed by atoms with Crippen molar-refractivity contribution in [3.63, 3.8) is 0 Å². The van der Waals surface area contributed by atoms with Crippen LogP contribution in [0.3, 0.4) is 0 Å². The topological polar surface area (TPSA) is 134 Å². The number of anilines is 1. The molecule has 1 saturated heterocycles. The second-order valence-corrected chi connectivity index (χ2v) is 9.37. The molecule has 9 nitrogen and oxygen atoms in total. The van der Waals surface area contributed by atoms with Gasteiger partial charge in [-0.1, -0.05) is 44.1 Å². The molecule has 2 heterocycles. The molecule has 1 aromatic rings. The Morgan fingerprint density at radius 1 is 1.03 bits per heavy atom. The fourth-order valence-electron chi connectivity index (χ4n) is 4.60. The van der Waals surface area contributed by atoms with Crippen LogP contribution < -0.4 is 21.7 Å². The number of allylic oxidation sites excluding steroid dienone is 3. The lowest BCUT2D eigenvalue weighted by molar-refractivity contribution is -0.136. The second kappa shape index (κ2) is 11.8. The molecule has 0 unspecified atom stereocenters. The molecule has 0 aromatic heterocycles. The zero-order valence-electron chi connectivity index (χ0n) is 21.0. The van der Waals surface area contributed by atoms with Crippen molar-refractivity contribution in [2.75, 3.05) is 25.0 Å². The predicted octanol–water partition coefficient (Wildman–Crippen LogP) is 2.54. The summed E-state index contributed by atoms with van der Waals surface area (Å²) in [5, 5.41) is 8.94. The number of nitrogens with two attached hydrogens (primary N) is 1. The van der Waals surface area contributed by atoms with Gasteiger partial charge in [-0.25, -0.2) is 0 Å². The van der Waals surface area contributed by atoms with E-state index in [9.17, 15) is 19.2 Å². The summed E-state index contributed by atoms with van der Waals surface area (Å²) < 4.78 is 0. The standard InChI is InChI=1S/C28H33N5O4/c1-2-3-4-14-30-16-18-8-9-19(15-20(29)11-10-18)17-31-22-7-5-6-21-25(22)28(37)33(27(21)36)23-12-13-24(34)32-26(23)35/h5-11,15,23,30-31H,2-4,12-14,16-17,29H2,1H3,(H,32,34,35)/b9-8?,11-10+,18-8+,18-10?,19-9-,19-15?,20-11?,20-15+/t23-/m1/s1. The number of unbranched alkanes of at least 4 members (excludes halogenated alkanes) is 2. The molecule has 0 radical (unpaired) electrons. The number of carbonyl (C=O) groups is 4. The monoisotopic (exact) mass is 503 g/mol. The Morgan fingerprint density at radius 3 is 2.62 bits per heavy atom. The molecule has 0 spiro atoms. The van der Waals surface area contributed by atoms with Gasteiger partial charge in [0.1, 0.15) is 6.04 Å². The molecular formula is C28H33N5O4. The number of nitrogens with one attached hydrogen (secondary N) is 3. The van der Waals surface area contributed by atoms with Crippen LogP contribution in [0.25, 0.3) is 0 Å². The maximum Gasteiger partial charge on any atom is 0.264 e. The Bertz CT molecular complexity index is 1230. The molecule has 1 aromatic carbocycles. The molecule has 0 bridgehead atoms. The first kappa shape index (κ1) is 26.1. The number of benzene rings is 1. The number of amides is 4. The molecule has 0 saturated carbocycles. The molecule has 3 aliphatic rings. The molecule has 5 N–H and O–H groups in total. The fourth-order valence-corrected chi connectivity index (χ4v) is 4.60. The fraction of sp³-hybridized carbons (Fsp3) is 0.357. The minimum absolute atomic E-state index is 0.0784. The van der Waals surface area contributed by atoms with E-state index in [1.54, 1.807) is 18.2 Å². The van der Waals surface area contributed by atoms with Gasteiger partial charge in [0.05, 0.1) is 11.1 Å². The molecule has 4 amide bonds. The van der Waals surface area contributed by atoms with Gasteiger partial charge in [-0.15, -0.1) is 0 Å². The van der Waals surface area contributed by atoms with E-state index in [-0.39, 0.29) is 24.0 Å². The third kappa shape index (κ3) is 6.06. The Balaban J connectivity index is 1.47. The number of piperidine rings is 1. The zero-order valence-corrected chi connectivity index (χ0v) is 21.0. The maximum absolute atomic E-state index is 13.3. The minimum Gasteiger partial charge on any atom is -0.399 e. The number of rotatable bonds is 10. The zero-order chi connectivity index (χ0) is 26.4. The molecule has 1 fully saturated rings. The number of hydrogen-bond acceptors (Lipinski definition) is 7. The number of carbonyl (C=O) groups excluding carboxylic acids is 4. The average Bonchev–Trinajstić information content (AvgIpc) is 3.12. The first-order chi connectivity index (χ1) is 17.9. The highest BCUT2D eigenvalue weighted by Gasteiger charge is 2.45. The van der Waals surface area contributed by atoms with E-state index in [0.29, 0.717) is 17.9 Å². The SMILES string of the molecule is CCCCCNCC1=C/C=C(CNc2cccc3c2C(=O)N([C@@H]2CCC(=O)NC2=O)C3=O)/C=C(N)\C=C\1. The van der Waals surface area contributed by atoms with Gasteiger partial charge >= 0.3 is 0 Å². The third-order valence-corrected chi connectivity index (χ3v) is 6.59. The van der Waals surface area contributed by atoms with Crippen molar-refractivity contribution in [3.05, 3.63) is 76.5 Å². The number of fused-ring (bicyclic) bond motifs is 1. The normalized spacial score (nSPS) is 24.6. The summed E-state index contributed by atoms with van der Waals surface area (Å²) in [4.78, 5) is 51.2. The van der Waals surface area contributed by atoms with Crippen LogP contribution in [-0.2, 0) is 9.59 Å². The summed E-state index contributed by atoms with van der Waals surface area (Å²) >= 11 is 0. The molecule has 1 aliphatic carbocycles. The number of hydrogen-bond donors (Lipinski definition) is 4. The smallest absolute Gasteiger partial charge is 0.264 e. The van der Waals surface area contributed by atoms with Crippen LogP contribution in [0.4, 0.5) is 5.69 Å². The van der Waals surface area contributed by atoms with Crippen molar-refractivity contribution in [3.8, 4) is 0 Å². The van der Waals surface area contributed by atoms with Gasteiger partial charge in [0.25, 0.3) is 11.8 Å². The quantitative estimate of drug-likeness (QED) is 0.285. The summed E-state index contributed by atoms with van der Waals surface area (Å²) in [6, 6.07) is 4.00. The van der Waals surface area contributed by atoms with Crippen molar-refractivity contribution >= 4 is 29.3 Å². The Labute approximate surface area is 216 Å². The minimum atomic E-state index is -1.00. The molecule has 9 heteroatoms. The molecule has 2 aliphatic heterocycles. The van der Waals surface area contributed by atoms with Crippen LogP contribution in [0.1, 0.15) is 59.7 Å². The predicted molar refractivity (Wildman–Crippen MR) is 142 cm³/mol. The van der Waals surface area contributed by atoms with Crippen molar-refractivity contribution in [2.24, 2.45) is 5.73 Å². The van der Waals surface area contributed by atoms with Crippen molar-refractivity contribution < 1.29 is 19.2 Å². The summed E-state index contributed by atoms with van der Waals surface area (Å²) in [5.74, 6) is -2.11. The lowest BCUT2D eigenvalue weighted by Gasteiger charge is -2.27. The van der Waals surface area contributed by atoms with E-state index < -0.39 is 29.7 Å². The van der Waals surface area contributed by atoms with Crippen LogP contribution in [0.2, 0.25) is 0 Å². The highest BCUT2D eigenvalue weighted by Crippen LogP contribution is 2.32. The second-order valence-electron chi connectivity index (χ2n) is 9.37. The average molecular weight is 504 g/mol. The first-order valence-corrected chi connectivity index (χ1v) is 12.7. The van der Waals surface area contributed by atoms with Crippen molar-refractivity contribution in [1.29, 1.82) is 0 Å². The maximum atomic E-state index is 13.3. The van der Waals surface area contributed by atoms with E-state index >= 15 is 0 Å². The lowest BCUT2D eigenvalue weighted by atomic mass is 10.0. The van der Waals surface area contributed by atoms with Gasteiger partial charge in [-0.05, 0) is 54.8 Å². The lowest BCUT2D eigenvalue weighted by Crippen LogP contribution is -2.54. The summed E-state index contributed by atoms with van der Waals surface area (Å²) in [6.45, 7) is 4.26. The largest absolute Gasteiger partial charge is 0.399 e. The van der Waals surface area contributed by atoms with E-state index in [2.05, 4.69) is 22.9 Å². The van der Waals surface area contributed by atoms with E-state index in [1.165, 1.54) is 12.8 Å². The van der Waals surface area contributed by atoms with Crippen molar-refractivity contribution in [1.82, 2.24) is 15.5 Å². The van der Waals surface area contributed by atoms with Crippen LogP contribution in [0.15, 0.2) is 65.4 Å². The van der Waals surface area contributed by atoms with Gasteiger partial charge in [0, 0.05) is 30.9 Å². The Hall–Kier alpha value is -3.98. The summed E-state index contributed by atoms with van der Waals surface area (Å²) in [6.07, 6.45) is 13.5. The van der Waals surface area contributed by atoms with Gasteiger partial charge in [0.2, 0.25) is 11.8 Å². The number of imide groups is 2. The van der Waals surface area contributed by atoms with E-state index in [1.807, 2.05) is 30.4 Å². The van der Waals surface area contributed by atoms with Crippen molar-refractivity contribution in [2.45, 2.75) is 45.1 Å².